The Bertz CT molecular complexity index is 358. The van der Waals surface area contributed by atoms with Crippen LogP contribution in [-0.4, -0.2) is 29.1 Å². The second kappa shape index (κ2) is 5.96. The molecular formula is C13H22N4. The number of aryl methyl sites for hydroxylation is 2. The number of hydrogen-bond donors (Lipinski definition) is 2. The molecule has 2 rings (SSSR count). The quantitative estimate of drug-likeness (QED) is 0.817. The van der Waals surface area contributed by atoms with Gasteiger partial charge >= 0.3 is 0 Å². The third kappa shape index (κ3) is 3.66. The number of nitrogens with one attached hydrogen (secondary N) is 2. The first-order valence-electron chi connectivity index (χ1n) is 6.59. The molecule has 1 saturated heterocycles. The fourth-order valence-corrected chi connectivity index (χ4v) is 2.28. The number of anilines is 1. The predicted molar refractivity (Wildman–Crippen MR) is 70.3 cm³/mol. The van der Waals surface area contributed by atoms with E-state index in [-0.39, 0.29) is 0 Å². The fraction of sp³-hybridized carbons (Fsp3) is 0.692. The molecule has 1 aliphatic rings. The topological polar surface area (TPSA) is 49.8 Å². The Kier molecular flexibility index (Phi) is 4.31. The summed E-state index contributed by atoms with van der Waals surface area (Å²) >= 11 is 0. The second-order valence-corrected chi connectivity index (χ2v) is 4.65. The van der Waals surface area contributed by atoms with Crippen LogP contribution >= 0.6 is 0 Å². The first-order chi connectivity index (χ1) is 8.28. The highest BCUT2D eigenvalue weighted by Crippen LogP contribution is 2.10. The Balaban J connectivity index is 1.83. The number of nitrogens with zero attached hydrogens (tertiary/aromatic N) is 2. The van der Waals surface area contributed by atoms with E-state index in [9.17, 15) is 0 Å². The largest absolute Gasteiger partial charge is 0.370 e. The molecule has 1 aromatic heterocycles. The number of hydrogen-bond acceptors (Lipinski definition) is 4. The molecule has 0 spiro atoms. The molecule has 4 heteroatoms. The van der Waals surface area contributed by atoms with Gasteiger partial charge in [-0.05, 0) is 39.2 Å². The highest BCUT2D eigenvalue weighted by Gasteiger charge is 2.13. The minimum Gasteiger partial charge on any atom is -0.370 e. The molecule has 4 nitrogen and oxygen atoms in total. The molecule has 1 atom stereocenters. The fourth-order valence-electron chi connectivity index (χ4n) is 2.28. The van der Waals surface area contributed by atoms with Crippen LogP contribution in [0.15, 0.2) is 6.07 Å². The van der Waals surface area contributed by atoms with Crippen LogP contribution in [0.2, 0.25) is 0 Å². The van der Waals surface area contributed by atoms with Crippen LogP contribution in [-0.2, 0) is 6.42 Å². The predicted octanol–water partition coefficient (Wildman–Crippen LogP) is 1.90. The van der Waals surface area contributed by atoms with Crippen molar-refractivity contribution in [3.8, 4) is 0 Å². The van der Waals surface area contributed by atoms with Crippen LogP contribution in [0.4, 0.5) is 5.82 Å². The van der Waals surface area contributed by atoms with E-state index in [1.54, 1.807) is 0 Å². The van der Waals surface area contributed by atoms with Crippen molar-refractivity contribution < 1.29 is 0 Å². The SMILES string of the molecule is CCc1cc(NCCC2CCCN2)nc(C)n1. The van der Waals surface area contributed by atoms with Crippen LogP contribution in [0.25, 0.3) is 0 Å². The molecule has 1 fully saturated rings. The molecule has 2 N–H and O–H groups in total. The zero-order valence-corrected chi connectivity index (χ0v) is 10.8. The highest BCUT2D eigenvalue weighted by molar-refractivity contribution is 5.35. The Morgan fingerprint density at radius 1 is 1.47 bits per heavy atom. The third-order valence-electron chi connectivity index (χ3n) is 3.21. The van der Waals surface area contributed by atoms with E-state index in [1.165, 1.54) is 25.8 Å². The lowest BCUT2D eigenvalue weighted by atomic mass is 10.1. The summed E-state index contributed by atoms with van der Waals surface area (Å²) in [5.74, 6) is 1.82. The van der Waals surface area contributed by atoms with Crippen LogP contribution in [0.3, 0.4) is 0 Å². The van der Waals surface area contributed by atoms with E-state index in [0.717, 1.165) is 30.3 Å². The van der Waals surface area contributed by atoms with Crippen LogP contribution in [0, 0.1) is 6.92 Å². The van der Waals surface area contributed by atoms with E-state index in [0.29, 0.717) is 6.04 Å². The minimum atomic E-state index is 0.691. The van der Waals surface area contributed by atoms with Crippen LogP contribution in [0.1, 0.15) is 37.7 Å². The lowest BCUT2D eigenvalue weighted by Crippen LogP contribution is -2.24. The summed E-state index contributed by atoms with van der Waals surface area (Å²) in [6.45, 7) is 6.23. The van der Waals surface area contributed by atoms with Crippen molar-refractivity contribution >= 4 is 5.82 Å². The highest BCUT2D eigenvalue weighted by atomic mass is 15.0. The maximum Gasteiger partial charge on any atom is 0.129 e. The van der Waals surface area contributed by atoms with Gasteiger partial charge in [0.25, 0.3) is 0 Å². The Morgan fingerprint density at radius 2 is 2.35 bits per heavy atom. The van der Waals surface area contributed by atoms with Crippen molar-refractivity contribution in [2.45, 2.75) is 45.6 Å². The zero-order valence-electron chi connectivity index (χ0n) is 10.8. The monoisotopic (exact) mass is 234 g/mol. The molecule has 1 aromatic rings. The Morgan fingerprint density at radius 3 is 3.06 bits per heavy atom. The average molecular weight is 234 g/mol. The normalized spacial score (nSPS) is 19.5. The lowest BCUT2D eigenvalue weighted by Gasteiger charge is -2.11. The molecule has 2 heterocycles. The van der Waals surface area contributed by atoms with Gasteiger partial charge in [-0.2, -0.15) is 0 Å². The molecule has 94 valence electrons. The molecule has 0 saturated carbocycles. The molecular weight excluding hydrogens is 212 g/mol. The van der Waals surface area contributed by atoms with Gasteiger partial charge in [-0.3, -0.25) is 0 Å². The summed E-state index contributed by atoms with van der Waals surface area (Å²) in [4.78, 5) is 8.78. The van der Waals surface area contributed by atoms with Gasteiger partial charge in [-0.1, -0.05) is 6.92 Å². The molecule has 0 aliphatic carbocycles. The Labute approximate surface area is 103 Å². The van der Waals surface area contributed by atoms with E-state index >= 15 is 0 Å². The maximum atomic E-state index is 4.40. The van der Waals surface area contributed by atoms with Gasteiger partial charge in [-0.15, -0.1) is 0 Å². The minimum absolute atomic E-state index is 0.691. The van der Waals surface area contributed by atoms with Gasteiger partial charge in [0.05, 0.1) is 0 Å². The average Bonchev–Trinajstić information content (AvgIpc) is 2.81. The van der Waals surface area contributed by atoms with Gasteiger partial charge in [0, 0.05) is 24.3 Å². The molecule has 0 aromatic carbocycles. The molecule has 17 heavy (non-hydrogen) atoms. The van der Waals surface area contributed by atoms with E-state index in [1.807, 2.05) is 6.92 Å². The van der Waals surface area contributed by atoms with Gasteiger partial charge < -0.3 is 10.6 Å². The van der Waals surface area contributed by atoms with Gasteiger partial charge in [-0.25, -0.2) is 9.97 Å². The van der Waals surface area contributed by atoms with Gasteiger partial charge in [0.15, 0.2) is 0 Å². The first kappa shape index (κ1) is 12.3. The maximum absolute atomic E-state index is 4.40. The summed E-state index contributed by atoms with van der Waals surface area (Å²) in [6, 6.07) is 2.74. The van der Waals surface area contributed by atoms with E-state index in [2.05, 4.69) is 33.6 Å². The molecule has 1 aliphatic heterocycles. The van der Waals surface area contributed by atoms with E-state index in [4.69, 9.17) is 0 Å². The van der Waals surface area contributed by atoms with Crippen LogP contribution in [0.5, 0.6) is 0 Å². The zero-order chi connectivity index (χ0) is 12.1. The van der Waals surface area contributed by atoms with Crippen molar-refractivity contribution in [3.05, 3.63) is 17.6 Å². The first-order valence-corrected chi connectivity index (χ1v) is 6.59. The number of aromatic nitrogens is 2. The molecule has 0 bridgehead atoms. The standard InChI is InChI=1S/C13H22N4/c1-3-11-9-13(17-10(2)16-11)15-8-6-12-5-4-7-14-12/h9,12,14H,3-8H2,1-2H3,(H,15,16,17). The third-order valence-corrected chi connectivity index (χ3v) is 3.21. The van der Waals surface area contributed by atoms with Gasteiger partial charge in [0.2, 0.25) is 0 Å². The molecule has 0 amide bonds. The molecule has 0 radical (unpaired) electrons. The van der Waals surface area contributed by atoms with Crippen molar-refractivity contribution in [3.63, 3.8) is 0 Å². The van der Waals surface area contributed by atoms with Crippen LogP contribution < -0.4 is 10.6 Å². The summed E-state index contributed by atoms with van der Waals surface area (Å²) in [5.41, 5.74) is 1.11. The smallest absolute Gasteiger partial charge is 0.129 e. The summed E-state index contributed by atoms with van der Waals surface area (Å²) in [5, 5.41) is 6.90. The van der Waals surface area contributed by atoms with Crippen molar-refractivity contribution in [1.29, 1.82) is 0 Å². The summed E-state index contributed by atoms with van der Waals surface area (Å²) in [6.07, 6.45) is 4.76. The van der Waals surface area contributed by atoms with Crippen molar-refractivity contribution in [1.82, 2.24) is 15.3 Å². The van der Waals surface area contributed by atoms with Crippen molar-refractivity contribution in [2.75, 3.05) is 18.4 Å². The Hall–Kier alpha value is -1.16. The second-order valence-electron chi connectivity index (χ2n) is 4.65. The van der Waals surface area contributed by atoms with E-state index < -0.39 is 0 Å². The number of rotatable bonds is 5. The summed E-state index contributed by atoms with van der Waals surface area (Å²) in [7, 11) is 0. The summed E-state index contributed by atoms with van der Waals surface area (Å²) < 4.78 is 0. The molecule has 1 unspecified atom stereocenters. The van der Waals surface area contributed by atoms with Gasteiger partial charge in [0.1, 0.15) is 11.6 Å². The van der Waals surface area contributed by atoms with Crippen molar-refractivity contribution in [2.24, 2.45) is 0 Å². The lowest BCUT2D eigenvalue weighted by molar-refractivity contribution is 0.574.